The molecule has 1 amide bonds. The van der Waals surface area contributed by atoms with Crippen LogP contribution in [0.1, 0.15) is 13.8 Å². The first-order valence-electron chi connectivity index (χ1n) is 4.99. The number of hydrogen-bond donors (Lipinski definition) is 2. The average molecular weight is 201 g/mol. The molecule has 0 radical (unpaired) electrons. The quantitative estimate of drug-likeness (QED) is 0.361. The van der Waals surface area contributed by atoms with Crippen LogP contribution < -0.4 is 11.3 Å². The van der Waals surface area contributed by atoms with Crippen molar-refractivity contribution in [2.75, 3.05) is 26.3 Å². The molecular formula is C9H19N3O2. The second-order valence-corrected chi connectivity index (χ2v) is 3.69. The van der Waals surface area contributed by atoms with Gasteiger partial charge in [0.15, 0.2) is 0 Å². The predicted molar refractivity (Wildman–Crippen MR) is 53.3 cm³/mol. The molecule has 3 N–H and O–H groups in total. The van der Waals surface area contributed by atoms with Gasteiger partial charge >= 0.3 is 0 Å². The van der Waals surface area contributed by atoms with Gasteiger partial charge in [-0.3, -0.25) is 15.1 Å². The summed E-state index contributed by atoms with van der Waals surface area (Å²) in [5.41, 5.74) is 2.19. The number of rotatable bonds is 3. The molecule has 5 heteroatoms. The van der Waals surface area contributed by atoms with Crippen molar-refractivity contribution in [2.24, 2.45) is 11.8 Å². The molecule has 0 aromatic rings. The topological polar surface area (TPSA) is 67.6 Å². The number of amides is 1. The van der Waals surface area contributed by atoms with E-state index in [0.717, 1.165) is 26.3 Å². The molecule has 1 fully saturated rings. The monoisotopic (exact) mass is 201 g/mol. The van der Waals surface area contributed by atoms with E-state index in [4.69, 9.17) is 10.6 Å². The SMILES string of the molecule is CC(C(=O)NN)C(C)N1CCOCC1. The van der Waals surface area contributed by atoms with Crippen molar-refractivity contribution in [3.8, 4) is 0 Å². The highest BCUT2D eigenvalue weighted by molar-refractivity contribution is 5.78. The number of hydrogen-bond acceptors (Lipinski definition) is 4. The lowest BCUT2D eigenvalue weighted by molar-refractivity contribution is -0.127. The molecule has 1 aliphatic heterocycles. The molecule has 1 rings (SSSR count). The van der Waals surface area contributed by atoms with Crippen LogP contribution in [-0.2, 0) is 9.53 Å². The molecule has 0 saturated carbocycles. The normalized spacial score (nSPS) is 22.8. The molecule has 2 unspecified atom stereocenters. The lowest BCUT2D eigenvalue weighted by Gasteiger charge is -2.34. The van der Waals surface area contributed by atoms with Crippen molar-refractivity contribution in [2.45, 2.75) is 19.9 Å². The third-order valence-electron chi connectivity index (χ3n) is 2.90. The molecule has 1 saturated heterocycles. The van der Waals surface area contributed by atoms with Gasteiger partial charge in [-0.2, -0.15) is 0 Å². The van der Waals surface area contributed by atoms with Crippen molar-refractivity contribution in [3.63, 3.8) is 0 Å². The zero-order valence-electron chi connectivity index (χ0n) is 8.82. The summed E-state index contributed by atoms with van der Waals surface area (Å²) in [5, 5.41) is 0. The first-order chi connectivity index (χ1) is 6.66. The zero-order valence-corrected chi connectivity index (χ0v) is 8.82. The smallest absolute Gasteiger partial charge is 0.238 e. The van der Waals surface area contributed by atoms with Crippen LogP contribution in [0.5, 0.6) is 0 Å². The van der Waals surface area contributed by atoms with Crippen LogP contribution in [0.25, 0.3) is 0 Å². The van der Waals surface area contributed by atoms with Crippen molar-refractivity contribution in [1.29, 1.82) is 0 Å². The maximum atomic E-state index is 11.3. The predicted octanol–water partition coefficient (Wildman–Crippen LogP) is -0.667. The molecule has 5 nitrogen and oxygen atoms in total. The molecule has 0 spiro atoms. The van der Waals surface area contributed by atoms with Gasteiger partial charge in [0.25, 0.3) is 0 Å². The molecule has 2 atom stereocenters. The number of nitrogens with one attached hydrogen (secondary N) is 1. The summed E-state index contributed by atoms with van der Waals surface area (Å²) in [6.45, 7) is 7.23. The van der Waals surface area contributed by atoms with Gasteiger partial charge in [-0.1, -0.05) is 6.92 Å². The van der Waals surface area contributed by atoms with Crippen LogP contribution >= 0.6 is 0 Å². The van der Waals surface area contributed by atoms with E-state index < -0.39 is 0 Å². The van der Waals surface area contributed by atoms with Gasteiger partial charge < -0.3 is 4.74 Å². The van der Waals surface area contributed by atoms with Crippen LogP contribution in [0, 0.1) is 5.92 Å². The van der Waals surface area contributed by atoms with Gasteiger partial charge in [0.05, 0.1) is 19.1 Å². The van der Waals surface area contributed by atoms with Crippen LogP contribution in [0.3, 0.4) is 0 Å². The van der Waals surface area contributed by atoms with E-state index in [1.54, 1.807) is 0 Å². The summed E-state index contributed by atoms with van der Waals surface area (Å²) in [6.07, 6.45) is 0. The van der Waals surface area contributed by atoms with E-state index in [-0.39, 0.29) is 17.9 Å². The molecule has 1 aliphatic rings. The zero-order chi connectivity index (χ0) is 10.6. The third-order valence-corrected chi connectivity index (χ3v) is 2.90. The number of carbonyl (C=O) groups is 1. The van der Waals surface area contributed by atoms with Gasteiger partial charge in [0, 0.05) is 19.1 Å². The molecule has 0 aliphatic carbocycles. The molecule has 1 heterocycles. The van der Waals surface area contributed by atoms with E-state index >= 15 is 0 Å². The summed E-state index contributed by atoms with van der Waals surface area (Å²) in [7, 11) is 0. The van der Waals surface area contributed by atoms with Crippen LogP contribution in [0.2, 0.25) is 0 Å². The Kier molecular flexibility index (Phi) is 4.31. The van der Waals surface area contributed by atoms with Gasteiger partial charge in [-0.15, -0.1) is 0 Å². The first-order valence-corrected chi connectivity index (χ1v) is 4.99. The fraction of sp³-hybridized carbons (Fsp3) is 0.889. The number of nitrogens with zero attached hydrogens (tertiary/aromatic N) is 1. The molecule has 0 aromatic heterocycles. The molecule has 0 bridgehead atoms. The summed E-state index contributed by atoms with van der Waals surface area (Å²) >= 11 is 0. The highest BCUT2D eigenvalue weighted by atomic mass is 16.5. The van der Waals surface area contributed by atoms with Crippen molar-refractivity contribution in [1.82, 2.24) is 10.3 Å². The molecule has 0 aromatic carbocycles. The Morgan fingerprint density at radius 3 is 2.50 bits per heavy atom. The Morgan fingerprint density at radius 2 is 2.00 bits per heavy atom. The lowest BCUT2D eigenvalue weighted by atomic mass is 10.0. The Morgan fingerprint density at radius 1 is 1.43 bits per heavy atom. The Bertz CT molecular complexity index is 192. The van der Waals surface area contributed by atoms with Gasteiger partial charge in [0.2, 0.25) is 5.91 Å². The van der Waals surface area contributed by atoms with E-state index in [0.29, 0.717) is 0 Å². The van der Waals surface area contributed by atoms with Crippen LogP contribution in [0.4, 0.5) is 0 Å². The Balaban J connectivity index is 2.45. The second kappa shape index (κ2) is 5.29. The summed E-state index contributed by atoms with van der Waals surface area (Å²) in [6, 6.07) is 0.211. The van der Waals surface area contributed by atoms with Crippen LogP contribution in [-0.4, -0.2) is 43.2 Å². The number of nitrogens with two attached hydrogens (primary N) is 1. The fourth-order valence-corrected chi connectivity index (χ4v) is 1.65. The third kappa shape index (κ3) is 2.67. The minimum atomic E-state index is -0.107. The number of ether oxygens (including phenoxy) is 1. The van der Waals surface area contributed by atoms with Gasteiger partial charge in [-0.05, 0) is 6.92 Å². The van der Waals surface area contributed by atoms with E-state index in [1.807, 2.05) is 13.8 Å². The maximum absolute atomic E-state index is 11.3. The van der Waals surface area contributed by atoms with Gasteiger partial charge in [-0.25, -0.2) is 5.84 Å². The first kappa shape index (κ1) is 11.4. The minimum absolute atomic E-state index is 0.0851. The number of carbonyl (C=O) groups excluding carboxylic acids is 1. The fourth-order valence-electron chi connectivity index (χ4n) is 1.65. The summed E-state index contributed by atoms with van der Waals surface area (Å²) in [5.74, 6) is 4.91. The minimum Gasteiger partial charge on any atom is -0.379 e. The maximum Gasteiger partial charge on any atom is 0.238 e. The lowest BCUT2D eigenvalue weighted by Crippen LogP contribution is -2.49. The van der Waals surface area contributed by atoms with Crippen molar-refractivity contribution < 1.29 is 9.53 Å². The van der Waals surface area contributed by atoms with Gasteiger partial charge in [0.1, 0.15) is 0 Å². The highest BCUT2D eigenvalue weighted by Gasteiger charge is 2.26. The van der Waals surface area contributed by atoms with Crippen molar-refractivity contribution >= 4 is 5.91 Å². The largest absolute Gasteiger partial charge is 0.379 e. The van der Waals surface area contributed by atoms with E-state index in [9.17, 15) is 4.79 Å². The Hall–Kier alpha value is -0.650. The average Bonchev–Trinajstić information content (AvgIpc) is 2.27. The van der Waals surface area contributed by atoms with E-state index in [1.165, 1.54) is 0 Å². The molecular weight excluding hydrogens is 182 g/mol. The number of morpholine rings is 1. The highest BCUT2D eigenvalue weighted by Crippen LogP contribution is 2.12. The summed E-state index contributed by atoms with van der Waals surface area (Å²) in [4.78, 5) is 13.6. The number of hydrazine groups is 1. The van der Waals surface area contributed by atoms with Crippen LogP contribution in [0.15, 0.2) is 0 Å². The van der Waals surface area contributed by atoms with Crippen molar-refractivity contribution in [3.05, 3.63) is 0 Å². The van der Waals surface area contributed by atoms with E-state index in [2.05, 4.69) is 10.3 Å². The summed E-state index contributed by atoms with van der Waals surface area (Å²) < 4.78 is 5.25. The molecule has 14 heavy (non-hydrogen) atoms. The molecule has 82 valence electrons. The second-order valence-electron chi connectivity index (χ2n) is 3.69. The Labute approximate surface area is 84.5 Å². The standard InChI is InChI=1S/C9H19N3O2/c1-7(9(13)11-10)8(2)12-3-5-14-6-4-12/h7-8H,3-6,10H2,1-2H3,(H,11,13).